The summed E-state index contributed by atoms with van der Waals surface area (Å²) in [6, 6.07) is 8.43. The fraction of sp³-hybridized carbons (Fsp3) is 0.500. The molecule has 17 heavy (non-hydrogen) atoms. The van der Waals surface area contributed by atoms with Gasteiger partial charge < -0.3 is 10.6 Å². The van der Waals surface area contributed by atoms with E-state index in [0.29, 0.717) is 5.11 Å². The average Bonchev–Trinajstić information content (AvgIpc) is 2.26. The Kier molecular flexibility index (Phi) is 4.94. The standard InChI is InChI=1S/C14H22N2S/c1-5-10-15-13(17)16-12-8-6-11(7-9-12)14(2,3)4/h6-9H,5,10H2,1-4H3,(H2,15,16,17). The largest absolute Gasteiger partial charge is 0.362 e. The van der Waals surface area contributed by atoms with E-state index >= 15 is 0 Å². The maximum absolute atomic E-state index is 5.19. The van der Waals surface area contributed by atoms with Crippen LogP contribution < -0.4 is 10.6 Å². The Bertz CT molecular complexity index is 363. The molecule has 0 heterocycles. The Morgan fingerprint density at radius 3 is 2.24 bits per heavy atom. The van der Waals surface area contributed by atoms with Crippen molar-refractivity contribution in [3.05, 3.63) is 29.8 Å². The summed E-state index contributed by atoms with van der Waals surface area (Å²) in [5.74, 6) is 0. The lowest BCUT2D eigenvalue weighted by molar-refractivity contribution is 0.590. The van der Waals surface area contributed by atoms with E-state index in [-0.39, 0.29) is 5.41 Å². The number of benzene rings is 1. The topological polar surface area (TPSA) is 24.1 Å². The number of thiocarbonyl (C=S) groups is 1. The van der Waals surface area contributed by atoms with Crippen LogP contribution >= 0.6 is 12.2 Å². The second-order valence-corrected chi connectivity index (χ2v) is 5.62. The third-order valence-electron chi connectivity index (χ3n) is 2.54. The van der Waals surface area contributed by atoms with Crippen LogP contribution in [0.1, 0.15) is 39.7 Å². The zero-order chi connectivity index (χ0) is 12.9. The van der Waals surface area contributed by atoms with E-state index in [1.165, 1.54) is 5.56 Å². The zero-order valence-corrected chi connectivity index (χ0v) is 11.9. The van der Waals surface area contributed by atoms with Crippen molar-refractivity contribution in [3.63, 3.8) is 0 Å². The summed E-state index contributed by atoms with van der Waals surface area (Å²) >= 11 is 5.19. The molecule has 3 heteroatoms. The number of anilines is 1. The Labute approximate surface area is 110 Å². The van der Waals surface area contributed by atoms with Gasteiger partial charge in [0.05, 0.1) is 0 Å². The normalized spacial score (nSPS) is 11.1. The molecule has 0 saturated carbocycles. The first-order valence-electron chi connectivity index (χ1n) is 6.09. The molecular formula is C14H22N2S. The lowest BCUT2D eigenvalue weighted by Gasteiger charge is -2.19. The van der Waals surface area contributed by atoms with Crippen molar-refractivity contribution >= 4 is 23.0 Å². The molecule has 0 saturated heterocycles. The Balaban J connectivity index is 2.60. The van der Waals surface area contributed by atoms with Gasteiger partial charge >= 0.3 is 0 Å². The van der Waals surface area contributed by atoms with Crippen LogP contribution in [0.5, 0.6) is 0 Å². The van der Waals surface area contributed by atoms with Gasteiger partial charge in [-0.1, -0.05) is 39.8 Å². The van der Waals surface area contributed by atoms with Crippen LogP contribution in [0.3, 0.4) is 0 Å². The van der Waals surface area contributed by atoms with Gasteiger partial charge in [-0.15, -0.1) is 0 Å². The van der Waals surface area contributed by atoms with Crippen LogP contribution in [0.2, 0.25) is 0 Å². The summed E-state index contributed by atoms with van der Waals surface area (Å²) in [6.07, 6.45) is 1.07. The molecule has 0 radical (unpaired) electrons. The van der Waals surface area contributed by atoms with E-state index in [0.717, 1.165) is 18.7 Å². The number of nitrogens with one attached hydrogen (secondary N) is 2. The summed E-state index contributed by atoms with van der Waals surface area (Å²) in [6.45, 7) is 9.66. The third kappa shape index (κ3) is 4.73. The van der Waals surface area contributed by atoms with Crippen molar-refractivity contribution in [2.75, 3.05) is 11.9 Å². The minimum Gasteiger partial charge on any atom is -0.362 e. The van der Waals surface area contributed by atoms with E-state index in [4.69, 9.17) is 12.2 Å². The minimum absolute atomic E-state index is 0.194. The molecule has 0 bridgehead atoms. The highest BCUT2D eigenvalue weighted by molar-refractivity contribution is 7.80. The van der Waals surface area contributed by atoms with Crippen molar-refractivity contribution in [1.82, 2.24) is 5.32 Å². The van der Waals surface area contributed by atoms with Gasteiger partial charge in [-0.25, -0.2) is 0 Å². The molecule has 0 aromatic heterocycles. The highest BCUT2D eigenvalue weighted by Gasteiger charge is 2.12. The predicted molar refractivity (Wildman–Crippen MR) is 79.7 cm³/mol. The fourth-order valence-electron chi connectivity index (χ4n) is 1.47. The Hall–Kier alpha value is -1.09. The number of hydrogen-bond acceptors (Lipinski definition) is 1. The summed E-state index contributed by atoms with van der Waals surface area (Å²) in [7, 11) is 0. The van der Waals surface area contributed by atoms with Gasteiger partial charge in [-0.05, 0) is 41.7 Å². The molecule has 0 amide bonds. The lowest BCUT2D eigenvalue weighted by atomic mass is 9.87. The summed E-state index contributed by atoms with van der Waals surface area (Å²) in [4.78, 5) is 0. The van der Waals surface area contributed by atoms with Gasteiger partial charge in [0, 0.05) is 12.2 Å². The average molecular weight is 250 g/mol. The molecule has 1 rings (SSSR count). The van der Waals surface area contributed by atoms with Gasteiger partial charge in [0.25, 0.3) is 0 Å². The summed E-state index contributed by atoms with van der Waals surface area (Å²) in [5.41, 5.74) is 2.56. The molecule has 0 aliphatic carbocycles. The second kappa shape index (κ2) is 6.01. The van der Waals surface area contributed by atoms with Crippen LogP contribution in [-0.2, 0) is 5.41 Å². The second-order valence-electron chi connectivity index (χ2n) is 5.21. The Morgan fingerprint density at radius 2 is 1.76 bits per heavy atom. The van der Waals surface area contributed by atoms with Crippen LogP contribution in [0.25, 0.3) is 0 Å². The molecule has 0 fully saturated rings. The highest BCUT2D eigenvalue weighted by Crippen LogP contribution is 2.23. The first-order valence-corrected chi connectivity index (χ1v) is 6.49. The maximum Gasteiger partial charge on any atom is 0.170 e. The molecule has 1 aromatic carbocycles. The molecular weight excluding hydrogens is 228 g/mol. The molecule has 2 nitrogen and oxygen atoms in total. The Morgan fingerprint density at radius 1 is 1.18 bits per heavy atom. The smallest absolute Gasteiger partial charge is 0.170 e. The van der Waals surface area contributed by atoms with E-state index in [1.807, 2.05) is 0 Å². The van der Waals surface area contributed by atoms with Crippen LogP contribution in [0.4, 0.5) is 5.69 Å². The first kappa shape index (κ1) is 14.0. The quantitative estimate of drug-likeness (QED) is 0.800. The first-order chi connectivity index (χ1) is 7.93. The molecule has 0 aliphatic heterocycles. The van der Waals surface area contributed by atoms with Gasteiger partial charge in [-0.3, -0.25) is 0 Å². The molecule has 0 unspecified atom stereocenters. The van der Waals surface area contributed by atoms with Gasteiger partial charge in [-0.2, -0.15) is 0 Å². The van der Waals surface area contributed by atoms with Gasteiger partial charge in [0.1, 0.15) is 0 Å². The van der Waals surface area contributed by atoms with Crippen molar-refractivity contribution in [3.8, 4) is 0 Å². The molecule has 1 aromatic rings. The number of rotatable bonds is 3. The predicted octanol–water partition coefficient (Wildman–Crippen LogP) is 3.68. The van der Waals surface area contributed by atoms with Crippen LogP contribution in [0, 0.1) is 0 Å². The van der Waals surface area contributed by atoms with Crippen LogP contribution in [-0.4, -0.2) is 11.7 Å². The molecule has 94 valence electrons. The van der Waals surface area contributed by atoms with Crippen LogP contribution in [0.15, 0.2) is 24.3 Å². The van der Waals surface area contributed by atoms with E-state index < -0.39 is 0 Å². The van der Waals surface area contributed by atoms with Gasteiger partial charge in [0.2, 0.25) is 0 Å². The van der Waals surface area contributed by atoms with Crippen molar-refractivity contribution < 1.29 is 0 Å². The SMILES string of the molecule is CCCNC(=S)Nc1ccc(C(C)(C)C)cc1. The monoisotopic (exact) mass is 250 g/mol. The van der Waals surface area contributed by atoms with Crippen molar-refractivity contribution in [2.24, 2.45) is 0 Å². The summed E-state index contributed by atoms with van der Waals surface area (Å²) in [5, 5.41) is 7.01. The van der Waals surface area contributed by atoms with Crippen molar-refractivity contribution in [1.29, 1.82) is 0 Å². The van der Waals surface area contributed by atoms with E-state index in [9.17, 15) is 0 Å². The fourth-order valence-corrected chi connectivity index (χ4v) is 1.69. The van der Waals surface area contributed by atoms with E-state index in [2.05, 4.69) is 62.6 Å². The summed E-state index contributed by atoms with van der Waals surface area (Å²) < 4.78 is 0. The molecule has 0 spiro atoms. The highest BCUT2D eigenvalue weighted by atomic mass is 32.1. The molecule has 0 aliphatic rings. The third-order valence-corrected chi connectivity index (χ3v) is 2.79. The maximum atomic E-state index is 5.19. The molecule has 0 atom stereocenters. The zero-order valence-electron chi connectivity index (χ0n) is 11.1. The lowest BCUT2D eigenvalue weighted by Crippen LogP contribution is -2.28. The van der Waals surface area contributed by atoms with Gasteiger partial charge in [0.15, 0.2) is 5.11 Å². The minimum atomic E-state index is 0.194. The molecule has 2 N–H and O–H groups in total. The van der Waals surface area contributed by atoms with Crippen molar-refractivity contribution in [2.45, 2.75) is 39.5 Å². The number of hydrogen-bond donors (Lipinski definition) is 2. The van der Waals surface area contributed by atoms with E-state index in [1.54, 1.807) is 0 Å².